The van der Waals surface area contributed by atoms with E-state index in [1.165, 1.54) is 5.56 Å². The molecule has 2 heteroatoms. The van der Waals surface area contributed by atoms with E-state index in [-0.39, 0.29) is 0 Å². The fourth-order valence-electron chi connectivity index (χ4n) is 0.848. The van der Waals surface area contributed by atoms with Gasteiger partial charge in [0.15, 0.2) is 0 Å². The van der Waals surface area contributed by atoms with Gasteiger partial charge in [-0.15, -0.1) is 0 Å². The average Bonchev–Trinajstić information content (AvgIpc) is 2.34. The molecule has 0 unspecified atom stereocenters. The SMILES string of the molecule is CSn1ccc(C(C)C)c1. The van der Waals surface area contributed by atoms with E-state index in [1.807, 2.05) is 0 Å². The number of nitrogens with zero attached hydrogens (tertiary/aromatic N) is 1. The first-order valence-corrected chi connectivity index (χ1v) is 4.64. The van der Waals surface area contributed by atoms with E-state index < -0.39 is 0 Å². The Morgan fingerprint density at radius 3 is 2.50 bits per heavy atom. The molecule has 1 aromatic rings. The number of hydrogen-bond donors (Lipinski definition) is 0. The van der Waals surface area contributed by atoms with Crippen LogP contribution in [0.1, 0.15) is 25.3 Å². The minimum absolute atomic E-state index is 0.647. The summed E-state index contributed by atoms with van der Waals surface area (Å²) in [5.74, 6) is 0.647. The van der Waals surface area contributed by atoms with Crippen molar-refractivity contribution in [1.29, 1.82) is 0 Å². The van der Waals surface area contributed by atoms with Gasteiger partial charge >= 0.3 is 0 Å². The summed E-state index contributed by atoms with van der Waals surface area (Å²) in [6.45, 7) is 4.42. The predicted molar refractivity (Wildman–Crippen MR) is 47.4 cm³/mol. The summed E-state index contributed by atoms with van der Waals surface area (Å²) < 4.78 is 2.12. The molecule has 1 aromatic heterocycles. The highest BCUT2D eigenvalue weighted by Crippen LogP contribution is 2.16. The summed E-state index contributed by atoms with van der Waals surface area (Å²) >= 11 is 1.72. The number of rotatable bonds is 2. The molecule has 0 radical (unpaired) electrons. The third-order valence-electron chi connectivity index (χ3n) is 1.57. The zero-order chi connectivity index (χ0) is 7.56. The van der Waals surface area contributed by atoms with Crippen molar-refractivity contribution in [3.63, 3.8) is 0 Å². The summed E-state index contributed by atoms with van der Waals surface area (Å²) in [5.41, 5.74) is 1.41. The lowest BCUT2D eigenvalue weighted by Crippen LogP contribution is -1.82. The number of hydrogen-bond acceptors (Lipinski definition) is 1. The first-order valence-electron chi connectivity index (χ1n) is 3.46. The molecule has 0 aliphatic heterocycles. The van der Waals surface area contributed by atoms with Gasteiger partial charge < -0.3 is 0 Å². The minimum atomic E-state index is 0.647. The summed E-state index contributed by atoms with van der Waals surface area (Å²) in [4.78, 5) is 0. The fraction of sp³-hybridized carbons (Fsp3) is 0.500. The molecular formula is C8H13NS. The summed E-state index contributed by atoms with van der Waals surface area (Å²) in [5, 5.41) is 0. The Morgan fingerprint density at radius 1 is 1.50 bits per heavy atom. The van der Waals surface area contributed by atoms with E-state index in [1.54, 1.807) is 11.9 Å². The van der Waals surface area contributed by atoms with Gasteiger partial charge in [0.1, 0.15) is 0 Å². The Morgan fingerprint density at radius 2 is 2.20 bits per heavy atom. The van der Waals surface area contributed by atoms with Crippen molar-refractivity contribution in [3.05, 3.63) is 24.0 Å². The molecule has 0 saturated heterocycles. The second kappa shape index (κ2) is 3.15. The van der Waals surface area contributed by atoms with Crippen LogP contribution < -0.4 is 0 Å². The van der Waals surface area contributed by atoms with E-state index in [4.69, 9.17) is 0 Å². The van der Waals surface area contributed by atoms with Crippen LogP contribution in [0.5, 0.6) is 0 Å². The Balaban J connectivity index is 2.78. The van der Waals surface area contributed by atoms with E-state index in [0.29, 0.717) is 5.92 Å². The molecule has 0 saturated carbocycles. The molecule has 0 fully saturated rings. The van der Waals surface area contributed by atoms with Gasteiger partial charge in [0.25, 0.3) is 0 Å². The molecule has 0 bridgehead atoms. The van der Waals surface area contributed by atoms with Gasteiger partial charge in [-0.2, -0.15) is 0 Å². The normalized spacial score (nSPS) is 10.8. The number of aromatic nitrogens is 1. The van der Waals surface area contributed by atoms with Gasteiger partial charge in [0.2, 0.25) is 0 Å². The van der Waals surface area contributed by atoms with Crippen molar-refractivity contribution in [2.75, 3.05) is 6.26 Å². The Hall–Kier alpha value is -0.370. The molecule has 0 N–H and O–H groups in total. The van der Waals surface area contributed by atoms with E-state index in [9.17, 15) is 0 Å². The third kappa shape index (κ3) is 1.57. The average molecular weight is 155 g/mol. The third-order valence-corrected chi connectivity index (χ3v) is 2.22. The van der Waals surface area contributed by atoms with Crippen LogP contribution in [0.2, 0.25) is 0 Å². The maximum atomic E-state index is 2.21. The molecule has 0 aromatic carbocycles. The van der Waals surface area contributed by atoms with Crippen LogP contribution in [-0.4, -0.2) is 10.2 Å². The van der Waals surface area contributed by atoms with Crippen molar-refractivity contribution in [2.45, 2.75) is 19.8 Å². The second-order valence-corrected chi connectivity index (χ2v) is 3.43. The van der Waals surface area contributed by atoms with E-state index in [0.717, 1.165) is 0 Å². The molecule has 1 heterocycles. The van der Waals surface area contributed by atoms with Gasteiger partial charge in [-0.3, -0.25) is 3.97 Å². The quantitative estimate of drug-likeness (QED) is 0.635. The first-order chi connectivity index (χ1) is 4.74. The summed E-state index contributed by atoms with van der Waals surface area (Å²) in [7, 11) is 0. The van der Waals surface area contributed by atoms with Crippen LogP contribution in [0, 0.1) is 0 Å². The molecule has 10 heavy (non-hydrogen) atoms. The molecular weight excluding hydrogens is 142 g/mol. The lowest BCUT2D eigenvalue weighted by Gasteiger charge is -1.98. The van der Waals surface area contributed by atoms with Gasteiger partial charge in [0.05, 0.1) is 0 Å². The van der Waals surface area contributed by atoms with Crippen LogP contribution in [0.3, 0.4) is 0 Å². The smallest absolute Gasteiger partial charge is 0.0191 e. The molecule has 0 aliphatic rings. The minimum Gasteiger partial charge on any atom is -0.299 e. The molecule has 0 amide bonds. The zero-order valence-corrected chi connectivity index (χ0v) is 7.48. The monoisotopic (exact) mass is 155 g/mol. The molecule has 0 aliphatic carbocycles. The van der Waals surface area contributed by atoms with E-state index in [2.05, 4.69) is 42.5 Å². The van der Waals surface area contributed by atoms with Crippen LogP contribution in [0.15, 0.2) is 18.5 Å². The maximum absolute atomic E-state index is 2.21. The maximum Gasteiger partial charge on any atom is 0.0191 e. The lowest BCUT2D eigenvalue weighted by molar-refractivity contribution is 0.867. The van der Waals surface area contributed by atoms with Crippen molar-refractivity contribution >= 4 is 11.9 Å². The van der Waals surface area contributed by atoms with Crippen LogP contribution >= 0.6 is 11.9 Å². The molecule has 56 valence electrons. The van der Waals surface area contributed by atoms with Gasteiger partial charge in [-0.25, -0.2) is 0 Å². The predicted octanol–water partition coefficient (Wildman–Crippen LogP) is 2.74. The highest BCUT2D eigenvalue weighted by atomic mass is 32.2. The van der Waals surface area contributed by atoms with Gasteiger partial charge in [-0.1, -0.05) is 13.8 Å². The topological polar surface area (TPSA) is 4.93 Å². The van der Waals surface area contributed by atoms with Crippen molar-refractivity contribution < 1.29 is 0 Å². The highest BCUT2D eigenvalue weighted by Gasteiger charge is 1.99. The second-order valence-electron chi connectivity index (χ2n) is 2.64. The van der Waals surface area contributed by atoms with Crippen molar-refractivity contribution in [2.24, 2.45) is 0 Å². The molecule has 0 spiro atoms. The molecule has 0 atom stereocenters. The first kappa shape index (κ1) is 7.73. The largest absolute Gasteiger partial charge is 0.299 e. The molecule has 1 rings (SSSR count). The Labute approximate surface area is 66.6 Å². The lowest BCUT2D eigenvalue weighted by atomic mass is 10.1. The van der Waals surface area contributed by atoms with Crippen LogP contribution in [0.4, 0.5) is 0 Å². The zero-order valence-electron chi connectivity index (χ0n) is 6.66. The van der Waals surface area contributed by atoms with Crippen LogP contribution in [0.25, 0.3) is 0 Å². The Bertz CT molecular complexity index is 203. The van der Waals surface area contributed by atoms with Gasteiger partial charge in [0, 0.05) is 18.6 Å². The standard InChI is InChI=1S/C8H13NS/c1-7(2)8-4-5-9(6-8)10-3/h4-7H,1-3H3. The highest BCUT2D eigenvalue weighted by molar-refractivity contribution is 7.97. The van der Waals surface area contributed by atoms with E-state index >= 15 is 0 Å². The van der Waals surface area contributed by atoms with Crippen molar-refractivity contribution in [3.8, 4) is 0 Å². The molecule has 1 nitrogen and oxygen atoms in total. The summed E-state index contributed by atoms with van der Waals surface area (Å²) in [6.07, 6.45) is 6.35. The fourth-order valence-corrected chi connectivity index (χ4v) is 1.26. The Kier molecular flexibility index (Phi) is 2.44. The van der Waals surface area contributed by atoms with Crippen LogP contribution in [-0.2, 0) is 0 Å². The summed E-state index contributed by atoms with van der Waals surface area (Å²) in [6, 6.07) is 2.17. The van der Waals surface area contributed by atoms with Crippen molar-refractivity contribution in [1.82, 2.24) is 3.97 Å². The van der Waals surface area contributed by atoms with Gasteiger partial charge in [-0.05, 0) is 29.5 Å².